The van der Waals surface area contributed by atoms with Crippen LogP contribution in [0.3, 0.4) is 0 Å². The van der Waals surface area contributed by atoms with Crippen molar-refractivity contribution in [2.24, 2.45) is 5.92 Å². The lowest BCUT2D eigenvalue weighted by Gasteiger charge is -2.37. The van der Waals surface area contributed by atoms with Crippen LogP contribution in [-0.2, 0) is 0 Å². The van der Waals surface area contributed by atoms with Gasteiger partial charge in [-0.3, -0.25) is 5.10 Å². The molecule has 0 aromatic carbocycles. The van der Waals surface area contributed by atoms with Gasteiger partial charge in [-0.05, 0) is 31.6 Å². The van der Waals surface area contributed by atoms with Crippen LogP contribution in [0.5, 0.6) is 0 Å². The third-order valence-corrected chi connectivity index (χ3v) is 6.28. The number of hydrogen-bond acceptors (Lipinski definition) is 6. The number of nitrogens with zero attached hydrogens (tertiary/aromatic N) is 4. The van der Waals surface area contributed by atoms with Crippen molar-refractivity contribution in [2.75, 3.05) is 18.0 Å². The molecule has 1 aliphatic heterocycles. The summed E-state index contributed by atoms with van der Waals surface area (Å²) in [6, 6.07) is 0.877. The van der Waals surface area contributed by atoms with Gasteiger partial charge in [0.15, 0.2) is 5.13 Å². The Morgan fingerprint density at radius 2 is 1.96 bits per heavy atom. The SMILES string of the molecule is c1n[nH]c(C(NC2CCN(c3nccs3)CC2)C2CCCCC2)n1. The first kappa shape index (κ1) is 16.0. The van der Waals surface area contributed by atoms with Gasteiger partial charge in [0.25, 0.3) is 0 Å². The Bertz CT molecular complexity index is 585. The summed E-state index contributed by atoms with van der Waals surface area (Å²) < 4.78 is 0. The van der Waals surface area contributed by atoms with Crippen molar-refractivity contribution >= 4 is 16.5 Å². The van der Waals surface area contributed by atoms with E-state index < -0.39 is 0 Å². The molecule has 0 radical (unpaired) electrons. The van der Waals surface area contributed by atoms with Crippen molar-refractivity contribution in [3.05, 3.63) is 23.7 Å². The van der Waals surface area contributed by atoms with Crippen LogP contribution in [-0.4, -0.2) is 39.3 Å². The molecule has 1 aliphatic carbocycles. The first-order valence-electron chi connectivity index (χ1n) is 9.16. The molecule has 3 heterocycles. The molecule has 2 aromatic rings. The first-order chi connectivity index (χ1) is 11.9. The highest BCUT2D eigenvalue weighted by atomic mass is 32.1. The Morgan fingerprint density at radius 1 is 1.12 bits per heavy atom. The first-order valence-corrected chi connectivity index (χ1v) is 10.0. The minimum absolute atomic E-state index is 0.323. The molecule has 1 atom stereocenters. The summed E-state index contributed by atoms with van der Waals surface area (Å²) in [5, 5.41) is 14.3. The van der Waals surface area contributed by atoms with Gasteiger partial charge >= 0.3 is 0 Å². The molecule has 1 saturated heterocycles. The minimum Gasteiger partial charge on any atom is -0.348 e. The number of aromatic nitrogens is 4. The topological polar surface area (TPSA) is 69.7 Å². The molecule has 24 heavy (non-hydrogen) atoms. The van der Waals surface area contributed by atoms with Gasteiger partial charge in [0.05, 0.1) is 6.04 Å². The fraction of sp³-hybridized carbons (Fsp3) is 0.706. The van der Waals surface area contributed by atoms with E-state index >= 15 is 0 Å². The van der Waals surface area contributed by atoms with Crippen molar-refractivity contribution in [3.63, 3.8) is 0 Å². The van der Waals surface area contributed by atoms with Crippen LogP contribution in [0.1, 0.15) is 56.8 Å². The standard InChI is InChI=1S/C17H26N6S/c1-2-4-13(5-3-1)15(16-19-12-20-22-16)21-14-6-9-23(10-7-14)17-18-8-11-24-17/h8,11-15,21H,1-7,9-10H2,(H,19,20,22). The lowest BCUT2D eigenvalue weighted by molar-refractivity contribution is 0.234. The smallest absolute Gasteiger partial charge is 0.185 e. The van der Waals surface area contributed by atoms with Crippen molar-refractivity contribution in [1.29, 1.82) is 0 Å². The summed E-state index contributed by atoms with van der Waals surface area (Å²) in [5.41, 5.74) is 0. The molecule has 0 amide bonds. The van der Waals surface area contributed by atoms with Crippen LogP contribution in [0, 0.1) is 5.92 Å². The van der Waals surface area contributed by atoms with E-state index in [1.165, 1.54) is 32.1 Å². The zero-order valence-corrected chi connectivity index (χ0v) is 14.8. The van der Waals surface area contributed by atoms with Gasteiger partial charge in [0.2, 0.25) is 0 Å². The van der Waals surface area contributed by atoms with E-state index in [9.17, 15) is 0 Å². The van der Waals surface area contributed by atoms with Gasteiger partial charge < -0.3 is 10.2 Å². The summed E-state index contributed by atoms with van der Waals surface area (Å²) in [5.74, 6) is 1.70. The van der Waals surface area contributed by atoms with Crippen LogP contribution in [0.25, 0.3) is 0 Å². The van der Waals surface area contributed by atoms with E-state index in [-0.39, 0.29) is 0 Å². The molecule has 2 fully saturated rings. The van der Waals surface area contributed by atoms with Crippen LogP contribution < -0.4 is 10.2 Å². The van der Waals surface area contributed by atoms with E-state index in [1.807, 2.05) is 6.20 Å². The summed E-state index contributed by atoms with van der Waals surface area (Å²) >= 11 is 1.74. The highest BCUT2D eigenvalue weighted by molar-refractivity contribution is 7.13. The Labute approximate surface area is 147 Å². The Balaban J connectivity index is 1.38. The van der Waals surface area contributed by atoms with Gasteiger partial charge in [0, 0.05) is 30.7 Å². The zero-order valence-electron chi connectivity index (χ0n) is 14.0. The average Bonchev–Trinajstić information content (AvgIpc) is 3.35. The predicted molar refractivity (Wildman–Crippen MR) is 96.2 cm³/mol. The molecular formula is C17H26N6S. The second-order valence-corrected chi connectivity index (χ2v) is 7.86. The molecule has 1 saturated carbocycles. The van der Waals surface area contributed by atoms with E-state index in [4.69, 9.17) is 0 Å². The maximum absolute atomic E-state index is 4.46. The second-order valence-electron chi connectivity index (χ2n) is 6.99. The van der Waals surface area contributed by atoms with Crippen LogP contribution in [0.2, 0.25) is 0 Å². The number of rotatable bonds is 5. The van der Waals surface area contributed by atoms with Crippen LogP contribution in [0.4, 0.5) is 5.13 Å². The number of aromatic amines is 1. The van der Waals surface area contributed by atoms with Gasteiger partial charge in [-0.2, -0.15) is 5.10 Å². The Kier molecular flexibility index (Phi) is 5.08. The summed E-state index contributed by atoms with van der Waals surface area (Å²) in [7, 11) is 0. The second kappa shape index (κ2) is 7.61. The fourth-order valence-electron chi connectivity index (χ4n) is 4.13. The monoisotopic (exact) mass is 346 g/mol. The van der Waals surface area contributed by atoms with E-state index in [0.717, 1.165) is 36.9 Å². The number of nitrogens with one attached hydrogen (secondary N) is 2. The van der Waals surface area contributed by atoms with Gasteiger partial charge in [-0.25, -0.2) is 9.97 Å². The van der Waals surface area contributed by atoms with Crippen LogP contribution in [0.15, 0.2) is 17.9 Å². The number of anilines is 1. The number of thiazole rings is 1. The highest BCUT2D eigenvalue weighted by Gasteiger charge is 2.30. The predicted octanol–water partition coefficient (Wildman–Crippen LogP) is 3.14. The van der Waals surface area contributed by atoms with E-state index in [0.29, 0.717) is 18.0 Å². The van der Waals surface area contributed by atoms with E-state index in [1.54, 1.807) is 17.7 Å². The molecule has 2 aliphatic rings. The van der Waals surface area contributed by atoms with Crippen molar-refractivity contribution in [2.45, 2.75) is 57.0 Å². The summed E-state index contributed by atoms with van der Waals surface area (Å²) in [6.45, 7) is 2.16. The van der Waals surface area contributed by atoms with Gasteiger partial charge in [0.1, 0.15) is 12.2 Å². The zero-order chi connectivity index (χ0) is 16.2. The molecule has 4 rings (SSSR count). The maximum Gasteiger partial charge on any atom is 0.185 e. The quantitative estimate of drug-likeness (QED) is 0.870. The molecule has 0 spiro atoms. The average molecular weight is 347 g/mol. The molecule has 7 heteroatoms. The van der Waals surface area contributed by atoms with Crippen LogP contribution >= 0.6 is 11.3 Å². The van der Waals surface area contributed by atoms with Gasteiger partial charge in [-0.15, -0.1) is 11.3 Å². The van der Waals surface area contributed by atoms with Gasteiger partial charge in [-0.1, -0.05) is 19.3 Å². The largest absolute Gasteiger partial charge is 0.348 e. The normalized spacial score (nSPS) is 21.9. The molecular weight excluding hydrogens is 320 g/mol. The number of piperidine rings is 1. The molecule has 130 valence electrons. The molecule has 0 bridgehead atoms. The van der Waals surface area contributed by atoms with Crippen molar-refractivity contribution in [3.8, 4) is 0 Å². The Hall–Kier alpha value is -1.47. The minimum atomic E-state index is 0.323. The molecule has 1 unspecified atom stereocenters. The van der Waals surface area contributed by atoms with Crippen molar-refractivity contribution in [1.82, 2.24) is 25.5 Å². The highest BCUT2D eigenvalue weighted by Crippen LogP contribution is 2.34. The molecule has 2 N–H and O–H groups in total. The number of H-pyrrole nitrogens is 1. The Morgan fingerprint density at radius 3 is 2.62 bits per heavy atom. The third kappa shape index (κ3) is 3.62. The summed E-state index contributed by atoms with van der Waals surface area (Å²) in [4.78, 5) is 11.3. The molecule has 2 aromatic heterocycles. The lowest BCUT2D eigenvalue weighted by atomic mass is 9.83. The fourth-order valence-corrected chi connectivity index (χ4v) is 4.83. The summed E-state index contributed by atoms with van der Waals surface area (Å²) in [6.07, 6.45) is 12.5. The molecule has 6 nitrogen and oxygen atoms in total. The van der Waals surface area contributed by atoms with E-state index in [2.05, 4.69) is 35.8 Å². The maximum atomic E-state index is 4.46. The lowest BCUT2D eigenvalue weighted by Crippen LogP contribution is -2.45. The van der Waals surface area contributed by atoms with Crippen molar-refractivity contribution < 1.29 is 0 Å². The number of hydrogen-bond donors (Lipinski definition) is 2. The third-order valence-electron chi connectivity index (χ3n) is 5.45.